The molecule has 1 atom stereocenters. The van der Waals surface area contributed by atoms with Crippen LogP contribution in [0.1, 0.15) is 6.42 Å². The van der Waals surface area contributed by atoms with Crippen molar-refractivity contribution < 1.29 is 19.6 Å². The van der Waals surface area contributed by atoms with Crippen LogP contribution in [0.3, 0.4) is 0 Å². The Kier molecular flexibility index (Phi) is 3.07. The lowest BCUT2D eigenvalue weighted by atomic mass is 10.1. The summed E-state index contributed by atoms with van der Waals surface area (Å²) >= 11 is 0. The maximum atomic E-state index is 11.8. The number of carbonyl (C=O) groups excluding carboxylic acids is 2. The second-order valence-corrected chi connectivity index (χ2v) is 4.24. The number of nitrogens with two attached hydrogens (primary N) is 1. The molecule has 0 saturated carbocycles. The smallest absolute Gasteiger partial charge is 0.271 e. The molecule has 0 radical (unpaired) electrons. The summed E-state index contributed by atoms with van der Waals surface area (Å²) in [6.07, 6.45) is -0.0581. The molecule has 1 saturated heterocycles. The number of nitro benzene ring substituents is 1. The number of nitrogens with zero attached hydrogens (tertiary/aromatic N) is 2. The van der Waals surface area contributed by atoms with E-state index in [2.05, 4.69) is 0 Å². The quantitative estimate of drug-likeness (QED) is 0.593. The van der Waals surface area contributed by atoms with Gasteiger partial charge in [0.2, 0.25) is 11.8 Å². The van der Waals surface area contributed by atoms with Gasteiger partial charge in [0.05, 0.1) is 16.5 Å². The molecule has 1 heterocycles. The monoisotopic (exact) mass is 265 g/mol. The molecule has 1 aromatic carbocycles. The van der Waals surface area contributed by atoms with Crippen LogP contribution < -0.4 is 10.6 Å². The largest absolute Gasteiger partial charge is 0.506 e. The molecule has 100 valence electrons. The molecule has 1 aromatic rings. The first-order chi connectivity index (χ1) is 8.90. The number of carbonyl (C=O) groups is 2. The minimum absolute atomic E-state index is 0.0166. The normalized spacial score (nSPS) is 18.6. The number of anilines is 1. The summed E-state index contributed by atoms with van der Waals surface area (Å²) in [5.41, 5.74) is 4.90. The summed E-state index contributed by atoms with van der Waals surface area (Å²) in [5, 5.41) is 20.4. The van der Waals surface area contributed by atoms with Crippen molar-refractivity contribution in [2.24, 2.45) is 11.7 Å². The van der Waals surface area contributed by atoms with E-state index in [0.717, 1.165) is 23.1 Å². The predicted molar refractivity (Wildman–Crippen MR) is 64.4 cm³/mol. The third kappa shape index (κ3) is 2.32. The maximum absolute atomic E-state index is 11.8. The molecule has 0 spiro atoms. The number of nitro groups is 1. The molecule has 3 N–H and O–H groups in total. The molecule has 0 bridgehead atoms. The van der Waals surface area contributed by atoms with Crippen LogP contribution >= 0.6 is 0 Å². The highest BCUT2D eigenvalue weighted by Gasteiger charge is 2.35. The Hall–Kier alpha value is -2.64. The highest BCUT2D eigenvalue weighted by atomic mass is 16.6. The van der Waals surface area contributed by atoms with Crippen LogP contribution in [-0.4, -0.2) is 28.4 Å². The van der Waals surface area contributed by atoms with E-state index in [1.165, 1.54) is 0 Å². The highest BCUT2D eigenvalue weighted by Crippen LogP contribution is 2.35. The fraction of sp³-hybridized carbons (Fsp3) is 0.273. The van der Waals surface area contributed by atoms with Crippen molar-refractivity contribution in [3.05, 3.63) is 28.3 Å². The first kappa shape index (κ1) is 12.8. The van der Waals surface area contributed by atoms with Crippen LogP contribution in [0.2, 0.25) is 0 Å². The average molecular weight is 265 g/mol. The summed E-state index contributed by atoms with van der Waals surface area (Å²) in [4.78, 5) is 34.0. The number of benzene rings is 1. The van der Waals surface area contributed by atoms with Crippen LogP contribution in [-0.2, 0) is 9.59 Å². The van der Waals surface area contributed by atoms with E-state index in [4.69, 9.17) is 5.73 Å². The highest BCUT2D eigenvalue weighted by molar-refractivity contribution is 6.01. The zero-order valence-electron chi connectivity index (χ0n) is 9.78. The number of aromatic hydroxyl groups is 1. The zero-order chi connectivity index (χ0) is 14.2. The lowest BCUT2D eigenvalue weighted by molar-refractivity contribution is -0.384. The maximum Gasteiger partial charge on any atom is 0.271 e. The number of amides is 2. The van der Waals surface area contributed by atoms with Gasteiger partial charge in [-0.25, -0.2) is 0 Å². The van der Waals surface area contributed by atoms with Gasteiger partial charge >= 0.3 is 0 Å². The van der Waals surface area contributed by atoms with Crippen molar-refractivity contribution >= 4 is 23.2 Å². The van der Waals surface area contributed by atoms with Crippen LogP contribution in [0.25, 0.3) is 0 Å². The number of non-ortho nitro benzene ring substituents is 1. The Morgan fingerprint density at radius 1 is 1.53 bits per heavy atom. The van der Waals surface area contributed by atoms with E-state index in [1.807, 2.05) is 0 Å². The van der Waals surface area contributed by atoms with Gasteiger partial charge < -0.3 is 15.7 Å². The number of phenolic OH excluding ortho intramolecular Hbond substituents is 1. The molecule has 0 aliphatic carbocycles. The van der Waals surface area contributed by atoms with Gasteiger partial charge in [0.15, 0.2) is 0 Å². The van der Waals surface area contributed by atoms with Crippen molar-refractivity contribution in [3.63, 3.8) is 0 Å². The fourth-order valence-electron chi connectivity index (χ4n) is 1.97. The molecule has 0 aromatic heterocycles. The first-order valence-electron chi connectivity index (χ1n) is 5.47. The zero-order valence-corrected chi connectivity index (χ0v) is 9.78. The molecule has 1 unspecified atom stereocenters. The van der Waals surface area contributed by atoms with Gasteiger partial charge in [0.25, 0.3) is 5.69 Å². The molecule has 8 nitrogen and oxygen atoms in total. The van der Waals surface area contributed by atoms with Gasteiger partial charge in [0.1, 0.15) is 5.75 Å². The van der Waals surface area contributed by atoms with E-state index in [9.17, 15) is 24.8 Å². The molecular weight excluding hydrogens is 254 g/mol. The molecule has 1 fully saturated rings. The third-order valence-corrected chi connectivity index (χ3v) is 2.99. The topological polar surface area (TPSA) is 127 Å². The second-order valence-electron chi connectivity index (χ2n) is 4.24. The minimum atomic E-state index is -0.647. The van der Waals surface area contributed by atoms with Gasteiger partial charge in [-0.3, -0.25) is 19.7 Å². The fourth-order valence-corrected chi connectivity index (χ4v) is 1.97. The van der Waals surface area contributed by atoms with Gasteiger partial charge in [-0.1, -0.05) is 0 Å². The van der Waals surface area contributed by atoms with Crippen molar-refractivity contribution in [1.29, 1.82) is 0 Å². The Morgan fingerprint density at radius 3 is 2.74 bits per heavy atom. The Labute approximate surface area is 107 Å². The average Bonchev–Trinajstić information content (AvgIpc) is 2.72. The molecular formula is C11H11N3O5. The number of hydrogen-bond acceptors (Lipinski definition) is 5. The number of rotatable bonds is 3. The van der Waals surface area contributed by atoms with Crippen molar-refractivity contribution in [1.82, 2.24) is 0 Å². The molecule has 19 heavy (non-hydrogen) atoms. The second kappa shape index (κ2) is 4.56. The van der Waals surface area contributed by atoms with Crippen molar-refractivity contribution in [2.75, 3.05) is 11.4 Å². The molecule has 8 heteroatoms. The van der Waals surface area contributed by atoms with Crippen LogP contribution in [0.4, 0.5) is 11.4 Å². The molecule has 2 rings (SSSR count). The van der Waals surface area contributed by atoms with Gasteiger partial charge in [-0.05, 0) is 6.07 Å². The predicted octanol–water partition coefficient (Wildman–Crippen LogP) is 0.139. The SMILES string of the molecule is NC(=O)C1CC(=O)N(c2cc([N+](=O)[O-])ccc2O)C1. The molecule has 1 aliphatic heterocycles. The Balaban J connectivity index is 2.36. The van der Waals surface area contributed by atoms with E-state index >= 15 is 0 Å². The third-order valence-electron chi connectivity index (χ3n) is 2.99. The number of primary amides is 1. The molecule has 1 aliphatic rings. The van der Waals surface area contributed by atoms with E-state index in [0.29, 0.717) is 0 Å². The summed E-state index contributed by atoms with van der Waals surface area (Å²) in [6.45, 7) is 0.0168. The van der Waals surface area contributed by atoms with Crippen LogP contribution in [0.5, 0.6) is 5.75 Å². The van der Waals surface area contributed by atoms with Gasteiger partial charge in [0, 0.05) is 25.1 Å². The standard InChI is InChI=1S/C11H11N3O5/c12-11(17)6-3-10(16)13(5-6)8-4-7(14(18)19)1-2-9(8)15/h1-2,4,6,15H,3,5H2,(H2,12,17). The summed E-state index contributed by atoms with van der Waals surface area (Å²) in [5.74, 6) is -1.92. The number of hydrogen-bond donors (Lipinski definition) is 2. The Bertz CT molecular complexity index is 571. The van der Waals surface area contributed by atoms with Crippen LogP contribution in [0, 0.1) is 16.0 Å². The Morgan fingerprint density at radius 2 is 2.21 bits per heavy atom. The molecule has 2 amide bonds. The van der Waals surface area contributed by atoms with E-state index < -0.39 is 22.7 Å². The minimum Gasteiger partial charge on any atom is -0.506 e. The first-order valence-corrected chi connectivity index (χ1v) is 5.47. The van der Waals surface area contributed by atoms with Crippen molar-refractivity contribution in [3.8, 4) is 5.75 Å². The number of phenols is 1. The van der Waals surface area contributed by atoms with E-state index in [-0.39, 0.29) is 30.1 Å². The van der Waals surface area contributed by atoms with Crippen LogP contribution in [0.15, 0.2) is 18.2 Å². The summed E-state index contributed by atoms with van der Waals surface area (Å²) in [7, 11) is 0. The summed E-state index contributed by atoms with van der Waals surface area (Å²) in [6, 6.07) is 3.36. The van der Waals surface area contributed by atoms with Crippen molar-refractivity contribution in [2.45, 2.75) is 6.42 Å². The van der Waals surface area contributed by atoms with E-state index in [1.54, 1.807) is 0 Å². The van der Waals surface area contributed by atoms with Gasteiger partial charge in [-0.2, -0.15) is 0 Å². The van der Waals surface area contributed by atoms with Gasteiger partial charge in [-0.15, -0.1) is 0 Å². The lowest BCUT2D eigenvalue weighted by Gasteiger charge is -2.17. The summed E-state index contributed by atoms with van der Waals surface area (Å²) < 4.78 is 0. The lowest BCUT2D eigenvalue weighted by Crippen LogP contribution is -2.28.